The molecule has 4 rings (SSSR count). The number of benzene rings is 2. The first-order valence-electron chi connectivity index (χ1n) is 8.48. The van der Waals surface area contributed by atoms with Crippen LogP contribution in [-0.4, -0.2) is 32.0 Å². The molecule has 26 heavy (non-hydrogen) atoms. The second-order valence-corrected chi connectivity index (χ2v) is 7.02. The van der Waals surface area contributed by atoms with Gasteiger partial charge in [0.05, 0.1) is 6.21 Å². The maximum atomic E-state index is 12.2. The Labute approximate surface area is 159 Å². The highest BCUT2D eigenvalue weighted by Crippen LogP contribution is 2.36. The average molecular weight is 416 g/mol. The van der Waals surface area contributed by atoms with E-state index in [4.69, 9.17) is 9.47 Å². The Morgan fingerprint density at radius 2 is 1.81 bits per heavy atom. The number of rotatable bonds is 4. The molecule has 0 saturated carbocycles. The van der Waals surface area contributed by atoms with E-state index in [1.54, 1.807) is 6.21 Å². The van der Waals surface area contributed by atoms with Crippen molar-refractivity contribution in [1.82, 2.24) is 5.43 Å². The van der Waals surface area contributed by atoms with Gasteiger partial charge in [-0.15, -0.1) is 0 Å². The Hall–Kier alpha value is -2.54. The Morgan fingerprint density at radius 1 is 1.12 bits per heavy atom. The van der Waals surface area contributed by atoms with Crippen LogP contribution in [0.3, 0.4) is 0 Å². The highest BCUT2D eigenvalue weighted by Gasteiger charge is 2.16. The third-order valence-electron chi connectivity index (χ3n) is 4.46. The fourth-order valence-electron chi connectivity index (χ4n) is 3.06. The monoisotopic (exact) mass is 415 g/mol. The van der Waals surface area contributed by atoms with Gasteiger partial charge < -0.3 is 14.4 Å². The molecule has 2 aliphatic heterocycles. The zero-order valence-corrected chi connectivity index (χ0v) is 15.7. The van der Waals surface area contributed by atoms with Crippen LogP contribution < -0.4 is 19.8 Å². The van der Waals surface area contributed by atoms with Gasteiger partial charge in [-0.05, 0) is 65.2 Å². The van der Waals surface area contributed by atoms with Gasteiger partial charge in [-0.1, -0.05) is 0 Å². The number of carbonyl (C=O) groups excluding carboxylic acids is 1. The summed E-state index contributed by atoms with van der Waals surface area (Å²) in [6, 6.07) is 11.3. The summed E-state index contributed by atoms with van der Waals surface area (Å²) in [5.41, 5.74) is 5.08. The van der Waals surface area contributed by atoms with E-state index in [1.165, 1.54) is 12.8 Å². The summed E-state index contributed by atoms with van der Waals surface area (Å²) in [5, 5.41) is 4.04. The van der Waals surface area contributed by atoms with Crippen molar-refractivity contribution >= 4 is 33.7 Å². The molecule has 0 spiro atoms. The number of halogens is 1. The molecule has 2 aliphatic rings. The largest absolute Gasteiger partial charge is 0.454 e. The molecule has 134 valence electrons. The quantitative estimate of drug-likeness (QED) is 0.612. The molecule has 1 saturated heterocycles. The zero-order valence-electron chi connectivity index (χ0n) is 14.1. The van der Waals surface area contributed by atoms with Crippen LogP contribution in [0.5, 0.6) is 11.5 Å². The van der Waals surface area contributed by atoms with Crippen molar-refractivity contribution in [2.75, 3.05) is 24.8 Å². The molecule has 1 amide bonds. The van der Waals surface area contributed by atoms with Crippen LogP contribution in [0.4, 0.5) is 5.69 Å². The van der Waals surface area contributed by atoms with E-state index in [2.05, 4.69) is 31.4 Å². The summed E-state index contributed by atoms with van der Waals surface area (Å²) in [5.74, 6) is 1.11. The Morgan fingerprint density at radius 3 is 2.54 bits per heavy atom. The Kier molecular flexibility index (Phi) is 4.79. The van der Waals surface area contributed by atoms with Crippen molar-refractivity contribution in [3.8, 4) is 11.5 Å². The number of nitrogens with zero attached hydrogens (tertiary/aromatic N) is 2. The van der Waals surface area contributed by atoms with Gasteiger partial charge in [0.2, 0.25) is 6.79 Å². The third-order valence-corrected chi connectivity index (χ3v) is 5.15. The molecule has 6 nitrogen and oxygen atoms in total. The summed E-state index contributed by atoms with van der Waals surface area (Å²) in [6.07, 6.45) is 4.03. The van der Waals surface area contributed by atoms with E-state index < -0.39 is 0 Å². The predicted molar refractivity (Wildman–Crippen MR) is 103 cm³/mol. The molecule has 2 aromatic rings. The first-order chi connectivity index (χ1) is 12.7. The van der Waals surface area contributed by atoms with Gasteiger partial charge in [0.25, 0.3) is 5.91 Å². The van der Waals surface area contributed by atoms with Crippen molar-refractivity contribution in [1.29, 1.82) is 0 Å². The highest BCUT2D eigenvalue weighted by molar-refractivity contribution is 9.10. The van der Waals surface area contributed by atoms with Gasteiger partial charge in [-0.25, -0.2) is 5.43 Å². The molecular formula is C19H18BrN3O3. The Balaban J connectivity index is 1.40. The van der Waals surface area contributed by atoms with Crippen LogP contribution in [0.2, 0.25) is 0 Å². The molecule has 0 aliphatic carbocycles. The highest BCUT2D eigenvalue weighted by atomic mass is 79.9. The van der Waals surface area contributed by atoms with E-state index in [9.17, 15) is 4.79 Å². The number of nitrogens with one attached hydrogen (secondary N) is 1. The average Bonchev–Trinajstić information content (AvgIpc) is 3.33. The maximum Gasteiger partial charge on any atom is 0.271 e. The second kappa shape index (κ2) is 7.37. The lowest BCUT2D eigenvalue weighted by molar-refractivity contribution is 0.0955. The van der Waals surface area contributed by atoms with Crippen molar-refractivity contribution in [2.45, 2.75) is 12.8 Å². The predicted octanol–water partition coefficient (Wildman–Crippen LogP) is 3.54. The third kappa shape index (κ3) is 3.53. The van der Waals surface area contributed by atoms with Crippen LogP contribution in [0, 0.1) is 0 Å². The minimum atomic E-state index is -0.244. The molecular weight excluding hydrogens is 398 g/mol. The first-order valence-corrected chi connectivity index (χ1v) is 9.27. The van der Waals surface area contributed by atoms with Crippen LogP contribution in [0.1, 0.15) is 28.8 Å². The minimum absolute atomic E-state index is 0.215. The van der Waals surface area contributed by atoms with Crippen LogP contribution >= 0.6 is 15.9 Å². The number of amides is 1. The topological polar surface area (TPSA) is 63.2 Å². The lowest BCUT2D eigenvalue weighted by Gasteiger charge is -2.17. The molecule has 1 fully saturated rings. The molecule has 0 aromatic heterocycles. The summed E-state index contributed by atoms with van der Waals surface area (Å²) in [6.45, 7) is 2.38. The van der Waals surface area contributed by atoms with Gasteiger partial charge in [-0.2, -0.15) is 5.10 Å². The smallest absolute Gasteiger partial charge is 0.271 e. The number of ether oxygens (including phenoxy) is 2. The molecule has 0 atom stereocenters. The van der Waals surface area contributed by atoms with Gasteiger partial charge in [0, 0.05) is 34.4 Å². The fourth-order valence-corrected chi connectivity index (χ4v) is 3.48. The van der Waals surface area contributed by atoms with Crippen molar-refractivity contribution in [3.05, 3.63) is 52.0 Å². The number of hydrazone groups is 1. The van der Waals surface area contributed by atoms with Crippen molar-refractivity contribution in [3.63, 3.8) is 0 Å². The Bertz CT molecular complexity index is 846. The zero-order chi connectivity index (χ0) is 17.9. The summed E-state index contributed by atoms with van der Waals surface area (Å²) in [4.78, 5) is 14.6. The number of hydrogen-bond donors (Lipinski definition) is 1. The summed E-state index contributed by atoms with van der Waals surface area (Å²) >= 11 is 3.46. The lowest BCUT2D eigenvalue weighted by atomic mass is 10.2. The van der Waals surface area contributed by atoms with Crippen LogP contribution in [0.15, 0.2) is 46.0 Å². The van der Waals surface area contributed by atoms with E-state index in [1.807, 2.05) is 36.4 Å². The number of anilines is 1. The molecule has 0 unspecified atom stereocenters. The van der Waals surface area contributed by atoms with Crippen LogP contribution in [0.25, 0.3) is 0 Å². The second-order valence-electron chi connectivity index (χ2n) is 6.17. The molecule has 0 radical (unpaired) electrons. The minimum Gasteiger partial charge on any atom is -0.454 e. The number of fused-ring (bicyclic) bond motifs is 1. The van der Waals surface area contributed by atoms with Gasteiger partial charge in [0.15, 0.2) is 11.5 Å². The number of hydrogen-bond acceptors (Lipinski definition) is 5. The molecule has 2 heterocycles. The van der Waals surface area contributed by atoms with Gasteiger partial charge in [-0.3, -0.25) is 4.79 Å². The van der Waals surface area contributed by atoms with E-state index in [-0.39, 0.29) is 12.7 Å². The normalized spacial score (nSPS) is 15.7. The number of carbonyl (C=O) groups is 1. The molecule has 1 N–H and O–H groups in total. The first kappa shape index (κ1) is 16.9. The van der Waals surface area contributed by atoms with Crippen molar-refractivity contribution in [2.24, 2.45) is 5.10 Å². The SMILES string of the molecule is O=C(N/N=C\c1cc2c(cc1Br)OCO2)c1ccc(N2CCCC2)cc1. The fraction of sp³-hybridized carbons (Fsp3) is 0.263. The molecule has 0 bridgehead atoms. The van der Waals surface area contributed by atoms with E-state index in [0.717, 1.165) is 28.8 Å². The van der Waals surface area contributed by atoms with Crippen LogP contribution in [-0.2, 0) is 0 Å². The van der Waals surface area contributed by atoms with Gasteiger partial charge >= 0.3 is 0 Å². The van der Waals surface area contributed by atoms with Crippen molar-refractivity contribution < 1.29 is 14.3 Å². The summed E-state index contributed by atoms with van der Waals surface area (Å²) in [7, 11) is 0. The van der Waals surface area contributed by atoms with E-state index >= 15 is 0 Å². The molecule has 2 aromatic carbocycles. The standard InChI is InChI=1S/C19H18BrN3O3/c20-16-10-18-17(25-12-26-18)9-14(16)11-21-22-19(24)13-3-5-15(6-4-13)23-7-1-2-8-23/h3-6,9-11H,1-2,7-8,12H2,(H,22,24)/b21-11-. The van der Waals surface area contributed by atoms with Gasteiger partial charge in [0.1, 0.15) is 0 Å². The molecule has 7 heteroatoms. The lowest BCUT2D eigenvalue weighted by Crippen LogP contribution is -2.19. The maximum absolute atomic E-state index is 12.2. The van der Waals surface area contributed by atoms with E-state index in [0.29, 0.717) is 17.1 Å². The summed E-state index contributed by atoms with van der Waals surface area (Å²) < 4.78 is 11.5.